The van der Waals surface area contributed by atoms with Gasteiger partial charge in [-0.25, -0.2) is 0 Å². The summed E-state index contributed by atoms with van der Waals surface area (Å²) in [5, 5.41) is 2.74. The third-order valence-electron chi connectivity index (χ3n) is 1.15. The van der Waals surface area contributed by atoms with Gasteiger partial charge in [-0.1, -0.05) is 0 Å². The predicted molar refractivity (Wildman–Crippen MR) is 31.9 cm³/mol. The Hall–Kier alpha value is -1.15. The first kappa shape index (κ1) is 8.85. The average Bonchev–Trinajstić information content (AvgIpc) is 1.91. The van der Waals surface area contributed by atoms with E-state index in [-0.39, 0.29) is 12.1 Å². The lowest BCUT2D eigenvalue weighted by molar-refractivity contribution is -0.191. The largest absolute Gasteiger partial charge is 0.373 e. The molecular weight excluding hydrogens is 134 g/mol. The van der Waals surface area contributed by atoms with Crippen molar-refractivity contribution in [3.05, 3.63) is 0 Å². The molecule has 4 nitrogen and oxygen atoms in total. The molecule has 10 heavy (non-hydrogen) atoms. The lowest BCUT2D eigenvalue weighted by Crippen LogP contribution is -2.28. The summed E-state index contributed by atoms with van der Waals surface area (Å²) in [6.45, 7) is 0.888. The van der Waals surface area contributed by atoms with E-state index in [1.54, 1.807) is 0 Å². The van der Waals surface area contributed by atoms with E-state index in [2.05, 4.69) is 5.32 Å². The first-order valence-corrected chi connectivity index (χ1v) is 3.07. The fourth-order valence-electron chi connectivity index (χ4n) is 0.727. The molecule has 1 saturated heterocycles. The number of rotatable bonds is 0. The molecule has 0 aromatic carbocycles. The van der Waals surface area contributed by atoms with Crippen LogP contribution in [-0.2, 0) is 14.4 Å². The Balaban J connectivity index is 0.000000236. The number of piperidine rings is 1. The normalized spacial score (nSPS) is 15.8. The van der Waals surface area contributed by atoms with Crippen molar-refractivity contribution in [3.63, 3.8) is 0 Å². The minimum atomic E-state index is 0.214. The molecule has 0 radical (unpaired) electrons. The van der Waals surface area contributed by atoms with Crippen LogP contribution in [0.15, 0.2) is 0 Å². The second-order valence-electron chi connectivity index (χ2n) is 1.89. The summed E-state index contributed by atoms with van der Waals surface area (Å²) < 4.78 is 0. The summed E-state index contributed by atoms with van der Waals surface area (Å²) in [7, 11) is 0. The number of hydrogen-bond donors (Lipinski definition) is 1. The van der Waals surface area contributed by atoms with E-state index < -0.39 is 0 Å². The van der Waals surface area contributed by atoms with Crippen LogP contribution in [-0.4, -0.2) is 18.6 Å². The molecule has 1 fully saturated rings. The molecule has 1 aliphatic rings. The first-order valence-electron chi connectivity index (χ1n) is 3.07. The molecule has 56 valence electrons. The number of nitrogens with one attached hydrogen (secondary N) is 1. The molecule has 0 aromatic rings. The molecule has 0 bridgehead atoms. The molecule has 1 amide bonds. The molecule has 0 atom stereocenters. The quantitative estimate of drug-likeness (QED) is 0.506. The van der Waals surface area contributed by atoms with Crippen LogP contribution in [0.2, 0.25) is 0 Å². The molecule has 0 spiro atoms. The van der Waals surface area contributed by atoms with Gasteiger partial charge in [0.05, 0.1) is 0 Å². The fourth-order valence-corrected chi connectivity index (χ4v) is 0.727. The van der Waals surface area contributed by atoms with Crippen LogP contribution >= 0.6 is 0 Å². The van der Waals surface area contributed by atoms with Crippen LogP contribution in [0.4, 0.5) is 0 Å². The number of carbonyl (C=O) groups excluding carboxylic acids is 3. The maximum Gasteiger partial charge on any atom is 0.373 e. The summed E-state index contributed by atoms with van der Waals surface area (Å²) >= 11 is 0. The van der Waals surface area contributed by atoms with Gasteiger partial charge in [0.25, 0.3) is 0 Å². The Kier molecular flexibility index (Phi) is 5.29. The Morgan fingerprint density at radius 2 is 1.90 bits per heavy atom. The molecule has 1 rings (SSSR count). The standard InChI is InChI=1S/C5H9NO.CO2/c7-5-3-1-2-4-6-5;2-1-3/h1-4H2,(H,6,7);. The maximum absolute atomic E-state index is 10.4. The van der Waals surface area contributed by atoms with Crippen molar-refractivity contribution in [2.45, 2.75) is 19.3 Å². The average molecular weight is 143 g/mol. The highest BCUT2D eigenvalue weighted by Crippen LogP contribution is 1.98. The van der Waals surface area contributed by atoms with Crippen molar-refractivity contribution < 1.29 is 14.4 Å². The zero-order valence-electron chi connectivity index (χ0n) is 5.55. The van der Waals surface area contributed by atoms with E-state index >= 15 is 0 Å². The number of amides is 1. The Morgan fingerprint density at radius 3 is 2.10 bits per heavy atom. The predicted octanol–water partition coefficient (Wildman–Crippen LogP) is -0.297. The van der Waals surface area contributed by atoms with Crippen molar-refractivity contribution in [3.8, 4) is 0 Å². The molecule has 1 aliphatic heterocycles. The van der Waals surface area contributed by atoms with Crippen molar-refractivity contribution in [2.24, 2.45) is 0 Å². The van der Waals surface area contributed by atoms with E-state index in [4.69, 9.17) is 9.59 Å². The van der Waals surface area contributed by atoms with E-state index in [1.165, 1.54) is 0 Å². The van der Waals surface area contributed by atoms with Gasteiger partial charge in [-0.3, -0.25) is 4.79 Å². The molecule has 0 saturated carbocycles. The summed E-state index contributed by atoms with van der Waals surface area (Å²) in [5.74, 6) is 0.214. The Labute approximate surface area is 58.6 Å². The van der Waals surface area contributed by atoms with Crippen molar-refractivity contribution in [1.29, 1.82) is 0 Å². The second-order valence-corrected chi connectivity index (χ2v) is 1.89. The van der Waals surface area contributed by atoms with E-state index in [0.29, 0.717) is 0 Å². The molecule has 0 aliphatic carbocycles. The highest BCUT2D eigenvalue weighted by atomic mass is 16.2. The van der Waals surface area contributed by atoms with Crippen molar-refractivity contribution in [1.82, 2.24) is 5.32 Å². The van der Waals surface area contributed by atoms with Gasteiger partial charge in [0.2, 0.25) is 5.91 Å². The number of hydrogen-bond acceptors (Lipinski definition) is 3. The van der Waals surface area contributed by atoms with Crippen LogP contribution < -0.4 is 5.32 Å². The third-order valence-corrected chi connectivity index (χ3v) is 1.15. The Morgan fingerprint density at radius 1 is 1.30 bits per heavy atom. The van der Waals surface area contributed by atoms with Gasteiger partial charge in [-0.05, 0) is 12.8 Å². The Bertz CT molecular complexity index is 130. The monoisotopic (exact) mass is 143 g/mol. The zero-order chi connectivity index (χ0) is 7.82. The van der Waals surface area contributed by atoms with Crippen LogP contribution in [0.25, 0.3) is 0 Å². The maximum atomic E-state index is 10.4. The van der Waals surface area contributed by atoms with E-state index in [0.717, 1.165) is 25.8 Å². The second kappa shape index (κ2) is 5.98. The van der Waals surface area contributed by atoms with E-state index in [1.807, 2.05) is 0 Å². The minimum absolute atomic E-state index is 0.214. The van der Waals surface area contributed by atoms with Gasteiger partial charge in [0, 0.05) is 13.0 Å². The van der Waals surface area contributed by atoms with Gasteiger partial charge in [0.15, 0.2) is 0 Å². The van der Waals surface area contributed by atoms with Crippen LogP contribution in [0.1, 0.15) is 19.3 Å². The van der Waals surface area contributed by atoms with Gasteiger partial charge < -0.3 is 5.32 Å². The molecular formula is C6H9NO3. The zero-order valence-corrected chi connectivity index (χ0v) is 5.55. The SMILES string of the molecule is O=C1CCCCN1.O=C=O. The van der Waals surface area contributed by atoms with Crippen LogP contribution in [0, 0.1) is 0 Å². The minimum Gasteiger partial charge on any atom is -0.356 e. The van der Waals surface area contributed by atoms with Gasteiger partial charge in [0.1, 0.15) is 0 Å². The highest BCUT2D eigenvalue weighted by Gasteiger charge is 2.04. The summed E-state index contributed by atoms with van der Waals surface area (Å²) in [5.41, 5.74) is 0. The fraction of sp³-hybridized carbons (Fsp3) is 0.667. The molecule has 4 heteroatoms. The van der Waals surface area contributed by atoms with Crippen molar-refractivity contribution >= 4 is 12.1 Å². The van der Waals surface area contributed by atoms with Gasteiger partial charge >= 0.3 is 6.15 Å². The first-order chi connectivity index (χ1) is 4.81. The molecule has 1 heterocycles. The van der Waals surface area contributed by atoms with E-state index in [9.17, 15) is 4.79 Å². The van der Waals surface area contributed by atoms with Crippen LogP contribution in [0.3, 0.4) is 0 Å². The third kappa shape index (κ3) is 5.00. The van der Waals surface area contributed by atoms with Crippen molar-refractivity contribution in [2.75, 3.05) is 6.54 Å². The summed E-state index contributed by atoms with van der Waals surface area (Å²) in [6, 6.07) is 0. The molecule has 0 unspecified atom stereocenters. The van der Waals surface area contributed by atoms with Crippen LogP contribution in [0.5, 0.6) is 0 Å². The smallest absolute Gasteiger partial charge is 0.356 e. The lowest BCUT2D eigenvalue weighted by Gasteiger charge is -2.08. The lowest BCUT2D eigenvalue weighted by atomic mass is 10.2. The topological polar surface area (TPSA) is 63.2 Å². The molecule has 0 aromatic heterocycles. The highest BCUT2D eigenvalue weighted by molar-refractivity contribution is 5.76. The number of carbonyl (C=O) groups is 1. The molecule has 1 N–H and O–H groups in total. The van der Waals surface area contributed by atoms with Gasteiger partial charge in [-0.15, -0.1) is 0 Å². The summed E-state index contributed by atoms with van der Waals surface area (Å²) in [6.07, 6.45) is 3.22. The van der Waals surface area contributed by atoms with Gasteiger partial charge in [-0.2, -0.15) is 9.59 Å². The summed E-state index contributed by atoms with van der Waals surface area (Å²) in [4.78, 5) is 26.6.